The van der Waals surface area contributed by atoms with Crippen molar-refractivity contribution in [2.45, 2.75) is 58.5 Å². The summed E-state index contributed by atoms with van der Waals surface area (Å²) in [6.45, 7) is 4.54. The second-order valence-corrected chi connectivity index (χ2v) is 13.0. The van der Waals surface area contributed by atoms with Gasteiger partial charge in [0.2, 0.25) is 21.8 Å². The topological polar surface area (TPSA) is 86.8 Å². The number of rotatable bonds is 15. The van der Waals surface area contributed by atoms with Gasteiger partial charge in [-0.3, -0.25) is 13.9 Å². The van der Waals surface area contributed by atoms with E-state index >= 15 is 0 Å². The van der Waals surface area contributed by atoms with Crippen LogP contribution in [0.1, 0.15) is 49.3 Å². The normalized spacial score (nSPS) is 12.0. The monoisotopic (exact) mass is 631 g/mol. The molecular formula is C32H39Cl2N3O4S. The predicted molar refractivity (Wildman–Crippen MR) is 171 cm³/mol. The molecule has 0 aliphatic carbocycles. The van der Waals surface area contributed by atoms with Gasteiger partial charge in [-0.15, -0.1) is 0 Å². The Hall–Kier alpha value is -3.07. The first-order chi connectivity index (χ1) is 20.0. The van der Waals surface area contributed by atoms with E-state index in [1.807, 2.05) is 55.5 Å². The van der Waals surface area contributed by atoms with E-state index in [4.69, 9.17) is 23.2 Å². The van der Waals surface area contributed by atoms with Gasteiger partial charge in [-0.25, -0.2) is 8.42 Å². The minimum Gasteiger partial charge on any atom is -0.354 e. The Labute approximate surface area is 259 Å². The van der Waals surface area contributed by atoms with Gasteiger partial charge in [-0.2, -0.15) is 0 Å². The van der Waals surface area contributed by atoms with Gasteiger partial charge in [0.25, 0.3) is 0 Å². The van der Waals surface area contributed by atoms with Crippen molar-refractivity contribution in [3.05, 3.63) is 99.5 Å². The first kappa shape index (κ1) is 33.4. The first-order valence-electron chi connectivity index (χ1n) is 14.1. The number of nitrogens with zero attached hydrogens (tertiary/aromatic N) is 2. The third kappa shape index (κ3) is 9.48. The van der Waals surface area contributed by atoms with Crippen molar-refractivity contribution in [1.82, 2.24) is 10.2 Å². The quantitative estimate of drug-likeness (QED) is 0.197. The fraction of sp³-hybridized carbons (Fsp3) is 0.375. The molecule has 0 aliphatic rings. The zero-order valence-electron chi connectivity index (χ0n) is 24.4. The summed E-state index contributed by atoms with van der Waals surface area (Å²) in [5.74, 6) is -0.502. The zero-order valence-corrected chi connectivity index (χ0v) is 26.7. The lowest BCUT2D eigenvalue weighted by molar-refractivity contribution is -0.141. The van der Waals surface area contributed by atoms with Crippen LogP contribution < -0.4 is 9.62 Å². The molecule has 1 atom stereocenters. The number of anilines is 1. The molecule has 0 unspecified atom stereocenters. The van der Waals surface area contributed by atoms with Gasteiger partial charge in [-0.1, -0.05) is 91.1 Å². The van der Waals surface area contributed by atoms with Gasteiger partial charge < -0.3 is 10.2 Å². The molecular weight excluding hydrogens is 593 g/mol. The summed E-state index contributed by atoms with van der Waals surface area (Å²) in [7, 11) is -3.64. The molecule has 3 rings (SSSR count). The molecule has 42 heavy (non-hydrogen) atoms. The molecule has 0 bridgehead atoms. The number of hydrogen-bond donors (Lipinski definition) is 1. The largest absolute Gasteiger partial charge is 0.354 e. The van der Waals surface area contributed by atoms with Gasteiger partial charge in [0.1, 0.15) is 6.04 Å². The molecule has 3 aromatic carbocycles. The summed E-state index contributed by atoms with van der Waals surface area (Å²) >= 11 is 12.8. The third-order valence-corrected chi connectivity index (χ3v) is 9.02. The molecule has 0 aromatic heterocycles. The smallest absolute Gasteiger partial charge is 0.243 e. The number of amides is 2. The van der Waals surface area contributed by atoms with Gasteiger partial charge in [0.15, 0.2) is 0 Å². The lowest BCUT2D eigenvalue weighted by Crippen LogP contribution is -2.50. The van der Waals surface area contributed by atoms with Crippen LogP contribution in [-0.2, 0) is 32.6 Å². The number of sulfonamides is 1. The van der Waals surface area contributed by atoms with Crippen molar-refractivity contribution < 1.29 is 18.0 Å². The van der Waals surface area contributed by atoms with Crippen LogP contribution in [0.4, 0.5) is 5.69 Å². The summed E-state index contributed by atoms with van der Waals surface area (Å²) in [5, 5.41) is 3.96. The Morgan fingerprint density at radius 3 is 2.24 bits per heavy atom. The molecule has 1 N–H and O–H groups in total. The number of hydrogen-bond acceptors (Lipinski definition) is 4. The van der Waals surface area contributed by atoms with Crippen molar-refractivity contribution in [1.29, 1.82) is 0 Å². The van der Waals surface area contributed by atoms with E-state index in [1.54, 1.807) is 36.1 Å². The lowest BCUT2D eigenvalue weighted by atomic mass is 10.0. The maximum atomic E-state index is 13.9. The Balaban J connectivity index is 1.90. The van der Waals surface area contributed by atoms with Crippen molar-refractivity contribution in [3.8, 4) is 0 Å². The summed E-state index contributed by atoms with van der Waals surface area (Å²) < 4.78 is 26.7. The molecule has 0 radical (unpaired) electrons. The fourth-order valence-corrected chi connectivity index (χ4v) is 6.10. The van der Waals surface area contributed by atoms with Crippen molar-refractivity contribution in [2.75, 3.05) is 23.7 Å². The van der Waals surface area contributed by atoms with Crippen molar-refractivity contribution in [3.63, 3.8) is 0 Å². The number of benzene rings is 3. The molecule has 10 heteroatoms. The zero-order chi connectivity index (χ0) is 30.7. The number of nitrogens with one attached hydrogen (secondary N) is 1. The maximum Gasteiger partial charge on any atom is 0.243 e. The molecule has 0 heterocycles. The second kappa shape index (κ2) is 16.0. The van der Waals surface area contributed by atoms with E-state index in [1.165, 1.54) is 4.31 Å². The Morgan fingerprint density at radius 1 is 0.905 bits per heavy atom. The number of carbonyl (C=O) groups is 2. The van der Waals surface area contributed by atoms with E-state index in [2.05, 4.69) is 5.32 Å². The van der Waals surface area contributed by atoms with Gasteiger partial charge >= 0.3 is 0 Å². The minimum atomic E-state index is -3.64. The number of carbonyl (C=O) groups excluding carboxylic acids is 2. The van der Waals surface area contributed by atoms with Crippen LogP contribution in [0.25, 0.3) is 0 Å². The van der Waals surface area contributed by atoms with Crippen molar-refractivity contribution >= 4 is 50.7 Å². The maximum absolute atomic E-state index is 13.9. The lowest BCUT2D eigenvalue weighted by Gasteiger charge is -2.32. The summed E-state index contributed by atoms with van der Waals surface area (Å²) in [6.07, 6.45) is 3.49. The Kier molecular flexibility index (Phi) is 12.7. The fourth-order valence-electron chi connectivity index (χ4n) is 4.72. The molecule has 3 aromatic rings. The molecule has 7 nitrogen and oxygen atoms in total. The van der Waals surface area contributed by atoms with Crippen LogP contribution in [0, 0.1) is 6.92 Å². The molecule has 0 aliphatic heterocycles. The molecule has 0 saturated carbocycles. The van der Waals surface area contributed by atoms with Crippen LogP contribution in [0.2, 0.25) is 10.0 Å². The molecule has 0 fully saturated rings. The SMILES string of the molecule is CCCCNC(=O)[C@@H](Cc1ccccc1)N(Cc1ccccc1Cl)C(=O)CCCN(c1cccc(Cl)c1C)S(C)(=O)=O. The van der Waals surface area contributed by atoms with Gasteiger partial charge in [-0.05, 0) is 54.7 Å². The van der Waals surface area contributed by atoms with Crippen molar-refractivity contribution in [2.24, 2.45) is 0 Å². The second-order valence-electron chi connectivity index (χ2n) is 10.3. The van der Waals surface area contributed by atoms with Gasteiger partial charge in [0, 0.05) is 42.5 Å². The Morgan fingerprint density at radius 2 is 1.57 bits per heavy atom. The number of unbranched alkanes of at least 4 members (excludes halogenated alkanes) is 1. The van der Waals surface area contributed by atoms with Crippen LogP contribution in [0.5, 0.6) is 0 Å². The van der Waals surface area contributed by atoms with E-state index in [9.17, 15) is 18.0 Å². The van der Waals surface area contributed by atoms with E-state index in [-0.39, 0.29) is 37.7 Å². The van der Waals surface area contributed by atoms with Crippen LogP contribution in [0.15, 0.2) is 72.8 Å². The van der Waals surface area contributed by atoms with E-state index in [0.717, 1.165) is 30.2 Å². The third-order valence-electron chi connectivity index (χ3n) is 7.06. The summed E-state index contributed by atoms with van der Waals surface area (Å²) in [5.41, 5.74) is 2.76. The standard InChI is InChI=1S/C32H39Cl2N3O4S/c1-4-5-20-35-32(39)30(22-25-13-7-6-8-14-25)36(23-26-15-9-10-16-28(26)34)31(38)19-12-21-37(42(3,40)41)29-18-11-17-27(33)24(29)2/h6-11,13-18,30H,4-5,12,19-23H2,1-3H3,(H,35,39)/t30-/m1/s1. The average molecular weight is 633 g/mol. The summed E-state index contributed by atoms with van der Waals surface area (Å²) in [6, 6.07) is 21.1. The molecule has 226 valence electrons. The van der Waals surface area contributed by atoms with Gasteiger partial charge in [0.05, 0.1) is 11.9 Å². The van der Waals surface area contributed by atoms with E-state index in [0.29, 0.717) is 34.3 Å². The molecule has 0 spiro atoms. The minimum absolute atomic E-state index is 0.0314. The highest BCUT2D eigenvalue weighted by molar-refractivity contribution is 7.92. The predicted octanol–water partition coefficient (Wildman–Crippen LogP) is 6.40. The highest BCUT2D eigenvalue weighted by Crippen LogP contribution is 2.29. The molecule has 0 saturated heterocycles. The Bertz CT molecular complexity index is 1450. The van der Waals surface area contributed by atoms with Crippen LogP contribution >= 0.6 is 23.2 Å². The average Bonchev–Trinajstić information content (AvgIpc) is 2.95. The number of halogens is 2. The summed E-state index contributed by atoms with van der Waals surface area (Å²) in [4.78, 5) is 29.1. The molecule has 2 amide bonds. The van der Waals surface area contributed by atoms with Crippen LogP contribution in [-0.4, -0.2) is 50.5 Å². The van der Waals surface area contributed by atoms with E-state index < -0.39 is 16.1 Å². The highest BCUT2D eigenvalue weighted by atomic mass is 35.5. The first-order valence-corrected chi connectivity index (χ1v) is 16.7. The highest BCUT2D eigenvalue weighted by Gasteiger charge is 2.31. The van der Waals surface area contributed by atoms with Crippen LogP contribution in [0.3, 0.4) is 0 Å².